The van der Waals surface area contributed by atoms with E-state index in [0.29, 0.717) is 17.5 Å². The van der Waals surface area contributed by atoms with Crippen molar-refractivity contribution in [1.82, 2.24) is 4.98 Å². The maximum Gasteiger partial charge on any atom is 0.279 e. The Hall–Kier alpha value is -2.37. The second-order valence-electron chi connectivity index (χ2n) is 4.67. The van der Waals surface area contributed by atoms with E-state index >= 15 is 0 Å². The lowest BCUT2D eigenvalue weighted by Crippen LogP contribution is -1.93. The second-order valence-corrected chi connectivity index (χ2v) is 5.67. The average Bonchev–Trinajstić information content (AvgIpc) is 3.09. The SMILES string of the molecule is NCc1coc2cc(Oc3nc4ccccc4s3)ccc12. The van der Waals surface area contributed by atoms with Gasteiger partial charge in [0.15, 0.2) is 0 Å². The van der Waals surface area contributed by atoms with Gasteiger partial charge in [0.05, 0.1) is 16.5 Å². The molecule has 4 rings (SSSR count). The smallest absolute Gasteiger partial charge is 0.279 e. The monoisotopic (exact) mass is 296 g/mol. The molecule has 2 heterocycles. The fraction of sp³-hybridized carbons (Fsp3) is 0.0625. The van der Waals surface area contributed by atoms with Gasteiger partial charge in [0.1, 0.15) is 11.3 Å². The Balaban J connectivity index is 1.70. The van der Waals surface area contributed by atoms with Gasteiger partial charge in [-0.15, -0.1) is 0 Å². The van der Waals surface area contributed by atoms with Crippen molar-refractivity contribution in [3.8, 4) is 10.9 Å². The number of ether oxygens (including phenoxy) is 1. The largest absolute Gasteiger partial charge is 0.464 e. The van der Waals surface area contributed by atoms with Crippen molar-refractivity contribution in [3.05, 3.63) is 54.3 Å². The Kier molecular flexibility index (Phi) is 2.87. The number of aromatic nitrogens is 1. The highest BCUT2D eigenvalue weighted by Gasteiger charge is 2.09. The summed E-state index contributed by atoms with van der Waals surface area (Å²) in [7, 11) is 0. The molecule has 0 radical (unpaired) electrons. The Morgan fingerprint density at radius 3 is 2.95 bits per heavy atom. The van der Waals surface area contributed by atoms with Crippen LogP contribution < -0.4 is 10.5 Å². The number of fused-ring (bicyclic) bond motifs is 2. The van der Waals surface area contributed by atoms with Gasteiger partial charge in [0, 0.05) is 23.6 Å². The standard InChI is InChI=1S/C16H12N2O2S/c17-8-10-9-19-14-7-11(5-6-12(10)14)20-16-18-13-3-1-2-4-15(13)21-16/h1-7,9H,8,17H2. The van der Waals surface area contributed by atoms with Crippen molar-refractivity contribution in [2.75, 3.05) is 0 Å². The molecule has 2 N–H and O–H groups in total. The molecule has 0 aliphatic heterocycles. The van der Waals surface area contributed by atoms with Crippen LogP contribution in [0.15, 0.2) is 53.1 Å². The van der Waals surface area contributed by atoms with E-state index in [1.54, 1.807) is 6.26 Å². The van der Waals surface area contributed by atoms with Gasteiger partial charge in [-0.2, -0.15) is 0 Å². The molecule has 4 aromatic rings. The number of nitrogens with zero attached hydrogens (tertiary/aromatic N) is 1. The molecule has 2 aromatic heterocycles. The van der Waals surface area contributed by atoms with Gasteiger partial charge in [-0.25, -0.2) is 4.98 Å². The van der Waals surface area contributed by atoms with E-state index in [9.17, 15) is 0 Å². The molecule has 104 valence electrons. The number of rotatable bonds is 3. The van der Waals surface area contributed by atoms with E-state index in [4.69, 9.17) is 14.9 Å². The lowest BCUT2D eigenvalue weighted by Gasteiger charge is -2.01. The number of benzene rings is 2. The van der Waals surface area contributed by atoms with Crippen LogP contribution in [0.3, 0.4) is 0 Å². The number of thiazole rings is 1. The van der Waals surface area contributed by atoms with Gasteiger partial charge in [0.2, 0.25) is 0 Å². The number of nitrogens with two attached hydrogens (primary N) is 1. The number of furan rings is 1. The van der Waals surface area contributed by atoms with E-state index < -0.39 is 0 Å². The third-order valence-corrected chi connectivity index (χ3v) is 4.24. The quantitative estimate of drug-likeness (QED) is 0.612. The van der Waals surface area contributed by atoms with Crippen LogP contribution in [0.2, 0.25) is 0 Å². The Labute approximate surface area is 124 Å². The van der Waals surface area contributed by atoms with Crippen LogP contribution in [0, 0.1) is 0 Å². The summed E-state index contributed by atoms with van der Waals surface area (Å²) < 4.78 is 12.4. The molecular weight excluding hydrogens is 284 g/mol. The zero-order valence-corrected chi connectivity index (χ0v) is 11.9. The molecule has 0 bridgehead atoms. The molecule has 2 aromatic carbocycles. The normalized spacial score (nSPS) is 11.3. The van der Waals surface area contributed by atoms with Crippen molar-refractivity contribution in [1.29, 1.82) is 0 Å². The summed E-state index contributed by atoms with van der Waals surface area (Å²) in [5.74, 6) is 0.708. The minimum atomic E-state index is 0.463. The molecule has 0 saturated carbocycles. The maximum atomic E-state index is 5.83. The zero-order chi connectivity index (χ0) is 14.2. The first-order valence-electron chi connectivity index (χ1n) is 6.57. The molecule has 0 aliphatic rings. The first-order valence-corrected chi connectivity index (χ1v) is 7.39. The van der Waals surface area contributed by atoms with Gasteiger partial charge in [0.25, 0.3) is 5.19 Å². The van der Waals surface area contributed by atoms with Crippen molar-refractivity contribution in [2.45, 2.75) is 6.54 Å². The van der Waals surface area contributed by atoms with Crippen LogP contribution >= 0.6 is 11.3 Å². The summed E-state index contributed by atoms with van der Waals surface area (Å²) in [5, 5.41) is 1.65. The van der Waals surface area contributed by atoms with Crippen molar-refractivity contribution >= 4 is 32.5 Å². The van der Waals surface area contributed by atoms with Gasteiger partial charge < -0.3 is 14.9 Å². The van der Waals surface area contributed by atoms with E-state index in [1.807, 2.05) is 42.5 Å². The lowest BCUT2D eigenvalue weighted by molar-refractivity contribution is 0.479. The number of para-hydroxylation sites is 1. The van der Waals surface area contributed by atoms with Crippen LogP contribution in [0.25, 0.3) is 21.2 Å². The molecular formula is C16H12N2O2S. The van der Waals surface area contributed by atoms with Crippen LogP contribution in [-0.4, -0.2) is 4.98 Å². The number of hydrogen-bond donors (Lipinski definition) is 1. The highest BCUT2D eigenvalue weighted by molar-refractivity contribution is 7.20. The van der Waals surface area contributed by atoms with Gasteiger partial charge in [-0.1, -0.05) is 23.5 Å². The number of hydrogen-bond acceptors (Lipinski definition) is 5. The summed E-state index contributed by atoms with van der Waals surface area (Å²) in [4.78, 5) is 4.46. The van der Waals surface area contributed by atoms with Gasteiger partial charge in [-0.05, 0) is 24.3 Å². The first kappa shape index (κ1) is 12.4. The van der Waals surface area contributed by atoms with Crippen LogP contribution in [0.5, 0.6) is 10.9 Å². The van der Waals surface area contributed by atoms with Crippen LogP contribution in [0.1, 0.15) is 5.56 Å². The highest BCUT2D eigenvalue weighted by atomic mass is 32.1. The predicted molar refractivity (Wildman–Crippen MR) is 83.8 cm³/mol. The van der Waals surface area contributed by atoms with E-state index in [1.165, 1.54) is 11.3 Å². The Bertz CT molecular complexity index is 893. The zero-order valence-electron chi connectivity index (χ0n) is 11.1. The summed E-state index contributed by atoms with van der Waals surface area (Å²) in [5.41, 5.74) is 8.38. The predicted octanol–water partition coefficient (Wildman–Crippen LogP) is 4.29. The van der Waals surface area contributed by atoms with E-state index in [0.717, 1.165) is 26.7 Å². The molecule has 0 saturated heterocycles. The fourth-order valence-electron chi connectivity index (χ4n) is 2.28. The van der Waals surface area contributed by atoms with Gasteiger partial charge in [-0.3, -0.25) is 0 Å². The first-order chi connectivity index (χ1) is 10.3. The van der Waals surface area contributed by atoms with Crippen LogP contribution in [0.4, 0.5) is 0 Å². The molecule has 21 heavy (non-hydrogen) atoms. The Morgan fingerprint density at radius 1 is 1.19 bits per heavy atom. The third kappa shape index (κ3) is 2.16. The molecule has 5 heteroatoms. The fourth-order valence-corrected chi connectivity index (χ4v) is 3.12. The van der Waals surface area contributed by atoms with Crippen molar-refractivity contribution in [2.24, 2.45) is 5.73 Å². The van der Waals surface area contributed by atoms with E-state index in [2.05, 4.69) is 4.98 Å². The molecule has 0 spiro atoms. The van der Waals surface area contributed by atoms with Crippen molar-refractivity contribution in [3.63, 3.8) is 0 Å². The van der Waals surface area contributed by atoms with Gasteiger partial charge >= 0.3 is 0 Å². The highest BCUT2D eigenvalue weighted by Crippen LogP contribution is 2.33. The Morgan fingerprint density at radius 2 is 2.10 bits per heavy atom. The summed E-state index contributed by atoms with van der Waals surface area (Å²) >= 11 is 1.52. The summed E-state index contributed by atoms with van der Waals surface area (Å²) in [6.07, 6.45) is 1.69. The third-order valence-electron chi connectivity index (χ3n) is 3.33. The maximum absolute atomic E-state index is 5.83. The molecule has 0 aliphatic carbocycles. The van der Waals surface area contributed by atoms with Crippen molar-refractivity contribution < 1.29 is 9.15 Å². The molecule has 0 amide bonds. The van der Waals surface area contributed by atoms with E-state index in [-0.39, 0.29) is 0 Å². The molecule has 4 nitrogen and oxygen atoms in total. The summed E-state index contributed by atoms with van der Waals surface area (Å²) in [6, 6.07) is 13.7. The van der Waals surface area contributed by atoms with Crippen LogP contribution in [-0.2, 0) is 6.54 Å². The molecule has 0 unspecified atom stereocenters. The second kappa shape index (κ2) is 4.87. The average molecular weight is 296 g/mol. The summed E-state index contributed by atoms with van der Waals surface area (Å²) in [6.45, 7) is 0.463. The minimum absolute atomic E-state index is 0.463. The minimum Gasteiger partial charge on any atom is -0.464 e. The molecule has 0 atom stereocenters. The molecule has 0 fully saturated rings. The lowest BCUT2D eigenvalue weighted by atomic mass is 10.2. The topological polar surface area (TPSA) is 61.3 Å².